The third kappa shape index (κ3) is 4.41. The lowest BCUT2D eigenvalue weighted by Crippen LogP contribution is -2.15. The van der Waals surface area contributed by atoms with Gasteiger partial charge < -0.3 is 5.32 Å². The molecule has 150 valence electrons. The van der Waals surface area contributed by atoms with Gasteiger partial charge in [-0.05, 0) is 55.3 Å². The molecule has 6 nitrogen and oxygen atoms in total. The number of anilines is 1. The highest BCUT2D eigenvalue weighted by atomic mass is 32.2. The Hall–Kier alpha value is -3.45. The molecule has 1 N–H and O–H groups in total. The highest BCUT2D eigenvalue weighted by Gasteiger charge is 2.17. The monoisotopic (exact) mass is 415 g/mol. The first kappa shape index (κ1) is 19.8. The lowest BCUT2D eigenvalue weighted by Gasteiger charge is -2.11. The van der Waals surface area contributed by atoms with Crippen LogP contribution < -0.4 is 5.32 Å². The maximum absolute atomic E-state index is 12.5. The normalized spacial score (nSPS) is 10.7. The van der Waals surface area contributed by atoms with Crippen LogP contribution in [-0.4, -0.2) is 31.4 Å². The zero-order valence-electron chi connectivity index (χ0n) is 16.7. The fourth-order valence-corrected chi connectivity index (χ4v) is 3.83. The molecular weight excluding hydrogens is 394 g/mol. The summed E-state index contributed by atoms with van der Waals surface area (Å²) in [7, 11) is 0. The van der Waals surface area contributed by atoms with Crippen LogP contribution in [0, 0.1) is 13.8 Å². The highest BCUT2D eigenvalue weighted by Crippen LogP contribution is 2.28. The van der Waals surface area contributed by atoms with Crippen molar-refractivity contribution in [3.63, 3.8) is 0 Å². The van der Waals surface area contributed by atoms with Gasteiger partial charge in [0.1, 0.15) is 0 Å². The van der Waals surface area contributed by atoms with Gasteiger partial charge in [0.25, 0.3) is 0 Å². The average Bonchev–Trinajstić information content (AvgIpc) is 3.18. The van der Waals surface area contributed by atoms with Gasteiger partial charge in [0.2, 0.25) is 5.91 Å². The van der Waals surface area contributed by atoms with Gasteiger partial charge in [-0.2, -0.15) is 0 Å². The van der Waals surface area contributed by atoms with E-state index < -0.39 is 0 Å². The van der Waals surface area contributed by atoms with Gasteiger partial charge in [0.05, 0.1) is 5.75 Å². The average molecular weight is 416 g/mol. The second-order valence-corrected chi connectivity index (χ2v) is 7.81. The van der Waals surface area contributed by atoms with Gasteiger partial charge in [-0.25, -0.2) is 0 Å². The fraction of sp³-hybridized carbons (Fsp3) is 0.130. The predicted octanol–water partition coefficient (Wildman–Crippen LogP) is 4.68. The molecule has 4 aromatic rings. The Labute approximate surface area is 179 Å². The number of amides is 1. The number of carbonyl (C=O) groups is 1. The molecular formula is C23H21N5OS. The molecule has 1 amide bonds. The van der Waals surface area contributed by atoms with Gasteiger partial charge in [-0.3, -0.25) is 14.3 Å². The molecule has 30 heavy (non-hydrogen) atoms. The first-order chi connectivity index (χ1) is 14.6. The van der Waals surface area contributed by atoms with Crippen molar-refractivity contribution < 1.29 is 4.79 Å². The summed E-state index contributed by atoms with van der Waals surface area (Å²) in [6.45, 7) is 4.01. The summed E-state index contributed by atoms with van der Waals surface area (Å²) in [6.07, 6.45) is 3.46. The van der Waals surface area contributed by atoms with Crippen molar-refractivity contribution in [2.24, 2.45) is 0 Å². The topological polar surface area (TPSA) is 72.7 Å². The molecule has 0 aliphatic carbocycles. The van der Waals surface area contributed by atoms with Crippen molar-refractivity contribution in [2.45, 2.75) is 19.0 Å². The molecule has 0 bridgehead atoms. The fourth-order valence-electron chi connectivity index (χ4n) is 3.08. The lowest BCUT2D eigenvalue weighted by atomic mass is 10.2. The number of nitrogens with zero attached hydrogens (tertiary/aromatic N) is 4. The molecule has 2 aromatic carbocycles. The summed E-state index contributed by atoms with van der Waals surface area (Å²) >= 11 is 1.36. The molecule has 0 saturated heterocycles. The summed E-state index contributed by atoms with van der Waals surface area (Å²) in [5.41, 5.74) is 4.85. The van der Waals surface area contributed by atoms with Crippen molar-refractivity contribution in [3.05, 3.63) is 84.2 Å². The Kier molecular flexibility index (Phi) is 5.90. The van der Waals surface area contributed by atoms with Crippen molar-refractivity contribution in [1.29, 1.82) is 0 Å². The van der Waals surface area contributed by atoms with E-state index in [2.05, 4.69) is 26.6 Å². The van der Waals surface area contributed by atoms with Crippen LogP contribution in [0.5, 0.6) is 0 Å². The van der Waals surface area contributed by atoms with Crippen LogP contribution in [0.25, 0.3) is 17.1 Å². The number of rotatable bonds is 6. The van der Waals surface area contributed by atoms with Crippen molar-refractivity contribution >= 4 is 23.4 Å². The number of para-hydroxylation sites is 1. The summed E-state index contributed by atoms with van der Waals surface area (Å²) in [6, 6.07) is 19.7. The van der Waals surface area contributed by atoms with E-state index in [0.717, 1.165) is 28.1 Å². The first-order valence-corrected chi connectivity index (χ1v) is 10.5. The minimum absolute atomic E-state index is 0.0847. The summed E-state index contributed by atoms with van der Waals surface area (Å²) in [4.78, 5) is 16.6. The number of nitrogens with one attached hydrogen (secondary N) is 1. The molecule has 0 aliphatic rings. The number of pyridine rings is 1. The molecule has 4 rings (SSSR count). The van der Waals surface area contributed by atoms with Gasteiger partial charge in [-0.1, -0.05) is 42.1 Å². The largest absolute Gasteiger partial charge is 0.325 e. The van der Waals surface area contributed by atoms with Gasteiger partial charge >= 0.3 is 0 Å². The third-order valence-corrected chi connectivity index (χ3v) is 5.51. The van der Waals surface area contributed by atoms with E-state index in [4.69, 9.17) is 0 Å². The quantitative estimate of drug-likeness (QED) is 0.463. The SMILES string of the molecule is Cc1cccc(-n2c(SCC(=O)Nc3ccccc3C)nnc2-c2ccncc2)c1. The molecule has 0 radical (unpaired) electrons. The van der Waals surface area contributed by atoms with Crippen LogP contribution in [0.4, 0.5) is 5.69 Å². The second kappa shape index (κ2) is 8.92. The minimum atomic E-state index is -0.0847. The second-order valence-electron chi connectivity index (χ2n) is 6.87. The number of hydrogen-bond donors (Lipinski definition) is 1. The van der Waals surface area contributed by atoms with Gasteiger partial charge in [-0.15, -0.1) is 10.2 Å². The zero-order valence-corrected chi connectivity index (χ0v) is 17.6. The zero-order chi connectivity index (χ0) is 20.9. The highest BCUT2D eigenvalue weighted by molar-refractivity contribution is 7.99. The summed E-state index contributed by atoms with van der Waals surface area (Å²) in [5.74, 6) is 0.859. The van der Waals surface area contributed by atoms with E-state index >= 15 is 0 Å². The van der Waals surface area contributed by atoms with Crippen LogP contribution in [0.1, 0.15) is 11.1 Å². The number of benzene rings is 2. The molecule has 0 saturated carbocycles. The Morgan fingerprint density at radius 2 is 1.80 bits per heavy atom. The van der Waals surface area contributed by atoms with Crippen LogP contribution in [0.3, 0.4) is 0 Å². The van der Waals surface area contributed by atoms with Crippen molar-refractivity contribution in [2.75, 3.05) is 11.1 Å². The number of aromatic nitrogens is 4. The Bertz CT molecular complexity index is 1170. The third-order valence-electron chi connectivity index (χ3n) is 4.58. The Balaban J connectivity index is 1.61. The maximum Gasteiger partial charge on any atom is 0.234 e. The van der Waals surface area contributed by atoms with Gasteiger partial charge in [0.15, 0.2) is 11.0 Å². The van der Waals surface area contributed by atoms with Crippen LogP contribution in [0.15, 0.2) is 78.2 Å². The Morgan fingerprint density at radius 1 is 1.00 bits per heavy atom. The number of thioether (sulfide) groups is 1. The van der Waals surface area contributed by atoms with Gasteiger partial charge in [0, 0.05) is 29.3 Å². The van der Waals surface area contributed by atoms with E-state index in [0.29, 0.717) is 11.0 Å². The number of aryl methyl sites for hydroxylation is 2. The van der Waals surface area contributed by atoms with Crippen LogP contribution in [0.2, 0.25) is 0 Å². The van der Waals surface area contributed by atoms with E-state index in [1.807, 2.05) is 73.0 Å². The molecule has 2 heterocycles. The molecule has 0 aliphatic heterocycles. The molecule has 7 heteroatoms. The maximum atomic E-state index is 12.5. The van der Waals surface area contributed by atoms with Crippen LogP contribution >= 0.6 is 11.8 Å². The van der Waals surface area contributed by atoms with E-state index in [1.54, 1.807) is 12.4 Å². The minimum Gasteiger partial charge on any atom is -0.325 e. The van der Waals surface area contributed by atoms with E-state index in [-0.39, 0.29) is 11.7 Å². The van der Waals surface area contributed by atoms with Crippen molar-refractivity contribution in [1.82, 2.24) is 19.7 Å². The molecule has 0 unspecified atom stereocenters. The molecule has 0 fully saturated rings. The smallest absolute Gasteiger partial charge is 0.234 e. The number of carbonyl (C=O) groups excluding carboxylic acids is 1. The number of hydrogen-bond acceptors (Lipinski definition) is 5. The van der Waals surface area contributed by atoms with Crippen LogP contribution in [-0.2, 0) is 4.79 Å². The Morgan fingerprint density at radius 3 is 2.57 bits per heavy atom. The molecule has 2 aromatic heterocycles. The standard InChI is InChI=1S/C23H21N5OS/c1-16-6-5-8-19(14-16)28-22(18-10-12-24-13-11-18)26-27-23(28)30-15-21(29)25-20-9-4-3-7-17(20)2/h3-14H,15H2,1-2H3,(H,25,29). The predicted molar refractivity (Wildman–Crippen MR) is 120 cm³/mol. The van der Waals surface area contributed by atoms with E-state index in [9.17, 15) is 4.79 Å². The summed E-state index contributed by atoms with van der Waals surface area (Å²) < 4.78 is 1.98. The summed E-state index contributed by atoms with van der Waals surface area (Å²) in [5, 5.41) is 12.4. The van der Waals surface area contributed by atoms with Crippen molar-refractivity contribution in [3.8, 4) is 17.1 Å². The molecule has 0 spiro atoms. The first-order valence-electron chi connectivity index (χ1n) is 9.53. The van der Waals surface area contributed by atoms with E-state index in [1.165, 1.54) is 11.8 Å². The lowest BCUT2D eigenvalue weighted by molar-refractivity contribution is -0.113. The molecule has 0 atom stereocenters.